The molecule has 86 valence electrons. The first-order chi connectivity index (χ1) is 7.36. The Kier molecular flexibility index (Phi) is 5.96. The summed E-state index contributed by atoms with van der Waals surface area (Å²) in [7, 11) is 0. The standard InChI is InChI=1S/C10H19N3O2/c1-3-7-14-8-9-12-10(15-13-9)5-6-11-4-2/h11H,3-8H2,1-2H3. The van der Waals surface area contributed by atoms with E-state index in [0.717, 1.165) is 32.5 Å². The maximum Gasteiger partial charge on any atom is 0.228 e. The molecular formula is C10H19N3O2. The summed E-state index contributed by atoms with van der Waals surface area (Å²) in [4.78, 5) is 4.21. The summed E-state index contributed by atoms with van der Waals surface area (Å²) in [6.07, 6.45) is 1.78. The third kappa shape index (κ3) is 4.90. The fourth-order valence-electron chi connectivity index (χ4n) is 1.13. The molecule has 1 aromatic rings. The smallest absolute Gasteiger partial charge is 0.228 e. The van der Waals surface area contributed by atoms with Crippen LogP contribution in [0.25, 0.3) is 0 Å². The molecule has 0 amide bonds. The van der Waals surface area contributed by atoms with Gasteiger partial charge in [0.1, 0.15) is 6.61 Å². The van der Waals surface area contributed by atoms with Crippen molar-refractivity contribution in [1.29, 1.82) is 0 Å². The Morgan fingerprint density at radius 3 is 3.00 bits per heavy atom. The monoisotopic (exact) mass is 213 g/mol. The van der Waals surface area contributed by atoms with Crippen molar-refractivity contribution < 1.29 is 9.26 Å². The van der Waals surface area contributed by atoms with Crippen LogP contribution in [0, 0.1) is 0 Å². The zero-order valence-corrected chi connectivity index (χ0v) is 9.45. The lowest BCUT2D eigenvalue weighted by Gasteiger charge is -1.96. The highest BCUT2D eigenvalue weighted by molar-refractivity contribution is 4.85. The third-order valence-electron chi connectivity index (χ3n) is 1.86. The van der Waals surface area contributed by atoms with Crippen LogP contribution in [0.1, 0.15) is 32.0 Å². The number of rotatable bonds is 8. The van der Waals surface area contributed by atoms with Gasteiger partial charge >= 0.3 is 0 Å². The predicted molar refractivity (Wildman–Crippen MR) is 56.5 cm³/mol. The molecule has 0 saturated carbocycles. The lowest BCUT2D eigenvalue weighted by atomic mass is 10.4. The van der Waals surface area contributed by atoms with Crippen LogP contribution in [0.4, 0.5) is 0 Å². The summed E-state index contributed by atoms with van der Waals surface area (Å²) in [6.45, 7) is 7.14. The summed E-state index contributed by atoms with van der Waals surface area (Å²) in [6, 6.07) is 0. The van der Waals surface area contributed by atoms with Crippen molar-refractivity contribution in [1.82, 2.24) is 15.5 Å². The molecule has 5 heteroatoms. The molecule has 0 aliphatic rings. The SMILES string of the molecule is CCCOCc1noc(CCNCC)n1. The van der Waals surface area contributed by atoms with Gasteiger partial charge in [-0.1, -0.05) is 19.0 Å². The molecule has 1 aromatic heterocycles. The Balaban J connectivity index is 2.23. The van der Waals surface area contributed by atoms with E-state index in [2.05, 4.69) is 29.3 Å². The van der Waals surface area contributed by atoms with E-state index >= 15 is 0 Å². The topological polar surface area (TPSA) is 60.2 Å². The molecule has 0 saturated heterocycles. The molecule has 1 heterocycles. The number of aromatic nitrogens is 2. The van der Waals surface area contributed by atoms with Gasteiger partial charge in [0, 0.05) is 19.6 Å². The lowest BCUT2D eigenvalue weighted by molar-refractivity contribution is 0.114. The number of nitrogens with one attached hydrogen (secondary N) is 1. The Hall–Kier alpha value is -0.940. The fraction of sp³-hybridized carbons (Fsp3) is 0.800. The van der Waals surface area contributed by atoms with E-state index in [0.29, 0.717) is 18.3 Å². The van der Waals surface area contributed by atoms with Crippen molar-refractivity contribution in [3.63, 3.8) is 0 Å². The molecule has 15 heavy (non-hydrogen) atoms. The molecule has 0 aromatic carbocycles. The lowest BCUT2D eigenvalue weighted by Crippen LogP contribution is -2.16. The van der Waals surface area contributed by atoms with Gasteiger partial charge in [0.15, 0.2) is 5.82 Å². The quantitative estimate of drug-likeness (QED) is 0.656. The van der Waals surface area contributed by atoms with Crippen molar-refractivity contribution >= 4 is 0 Å². The molecule has 1 rings (SSSR count). The van der Waals surface area contributed by atoms with Crippen LogP contribution >= 0.6 is 0 Å². The summed E-state index contributed by atoms with van der Waals surface area (Å²) < 4.78 is 10.4. The number of ether oxygens (including phenoxy) is 1. The van der Waals surface area contributed by atoms with E-state index in [1.165, 1.54) is 0 Å². The van der Waals surface area contributed by atoms with E-state index < -0.39 is 0 Å². The van der Waals surface area contributed by atoms with Crippen molar-refractivity contribution in [3.05, 3.63) is 11.7 Å². The molecule has 0 bridgehead atoms. The first kappa shape index (κ1) is 12.1. The van der Waals surface area contributed by atoms with E-state index in [1.807, 2.05) is 0 Å². The minimum Gasteiger partial charge on any atom is -0.373 e. The zero-order chi connectivity index (χ0) is 10.9. The Morgan fingerprint density at radius 2 is 2.27 bits per heavy atom. The van der Waals surface area contributed by atoms with Crippen LogP contribution in [0.3, 0.4) is 0 Å². The average molecular weight is 213 g/mol. The Morgan fingerprint density at radius 1 is 1.40 bits per heavy atom. The second kappa shape index (κ2) is 7.36. The van der Waals surface area contributed by atoms with E-state index in [4.69, 9.17) is 9.26 Å². The molecule has 1 N–H and O–H groups in total. The summed E-state index contributed by atoms with van der Waals surface area (Å²) in [5.41, 5.74) is 0. The van der Waals surface area contributed by atoms with Crippen LogP contribution < -0.4 is 5.32 Å². The minimum absolute atomic E-state index is 0.443. The molecule has 0 unspecified atom stereocenters. The molecular weight excluding hydrogens is 194 g/mol. The average Bonchev–Trinajstić information content (AvgIpc) is 2.67. The van der Waals surface area contributed by atoms with Crippen molar-refractivity contribution in [3.8, 4) is 0 Å². The summed E-state index contributed by atoms with van der Waals surface area (Å²) >= 11 is 0. The van der Waals surface area contributed by atoms with Gasteiger partial charge in [-0.25, -0.2) is 0 Å². The van der Waals surface area contributed by atoms with Gasteiger partial charge < -0.3 is 14.6 Å². The first-order valence-electron chi connectivity index (χ1n) is 5.46. The summed E-state index contributed by atoms with van der Waals surface area (Å²) in [5, 5.41) is 7.03. The zero-order valence-electron chi connectivity index (χ0n) is 9.45. The molecule has 0 fully saturated rings. The van der Waals surface area contributed by atoms with Gasteiger partial charge in [0.2, 0.25) is 5.89 Å². The van der Waals surface area contributed by atoms with Crippen LogP contribution in [-0.2, 0) is 17.8 Å². The second-order valence-electron chi connectivity index (χ2n) is 3.26. The molecule has 0 aliphatic heterocycles. The second-order valence-corrected chi connectivity index (χ2v) is 3.26. The van der Waals surface area contributed by atoms with E-state index in [-0.39, 0.29) is 0 Å². The van der Waals surface area contributed by atoms with Crippen LogP contribution in [0.2, 0.25) is 0 Å². The Labute approximate surface area is 90.2 Å². The van der Waals surface area contributed by atoms with Gasteiger partial charge in [-0.3, -0.25) is 0 Å². The van der Waals surface area contributed by atoms with Crippen LogP contribution in [0.15, 0.2) is 4.52 Å². The summed E-state index contributed by atoms with van der Waals surface area (Å²) in [5.74, 6) is 1.31. The fourth-order valence-corrected chi connectivity index (χ4v) is 1.13. The highest BCUT2D eigenvalue weighted by Gasteiger charge is 2.05. The van der Waals surface area contributed by atoms with E-state index in [9.17, 15) is 0 Å². The van der Waals surface area contributed by atoms with Gasteiger partial charge in [-0.2, -0.15) is 4.98 Å². The first-order valence-corrected chi connectivity index (χ1v) is 5.46. The van der Waals surface area contributed by atoms with Crippen LogP contribution in [-0.4, -0.2) is 29.8 Å². The number of hydrogen-bond donors (Lipinski definition) is 1. The number of nitrogens with zero attached hydrogens (tertiary/aromatic N) is 2. The van der Waals surface area contributed by atoms with Gasteiger partial charge in [0.05, 0.1) is 0 Å². The number of likely N-dealkylation sites (N-methyl/N-ethyl adjacent to an activating group) is 1. The van der Waals surface area contributed by atoms with Crippen molar-refractivity contribution in [2.45, 2.75) is 33.3 Å². The predicted octanol–water partition coefficient (Wildman–Crippen LogP) is 1.15. The normalized spacial score (nSPS) is 10.8. The molecule has 0 spiro atoms. The highest BCUT2D eigenvalue weighted by Crippen LogP contribution is 1.99. The highest BCUT2D eigenvalue weighted by atomic mass is 16.5. The molecule has 0 aliphatic carbocycles. The van der Waals surface area contributed by atoms with Gasteiger partial charge in [-0.15, -0.1) is 0 Å². The van der Waals surface area contributed by atoms with Gasteiger partial charge in [0.25, 0.3) is 0 Å². The molecule has 0 atom stereocenters. The maximum absolute atomic E-state index is 5.31. The van der Waals surface area contributed by atoms with Crippen molar-refractivity contribution in [2.75, 3.05) is 19.7 Å². The van der Waals surface area contributed by atoms with Crippen molar-refractivity contribution in [2.24, 2.45) is 0 Å². The van der Waals surface area contributed by atoms with Gasteiger partial charge in [-0.05, 0) is 13.0 Å². The molecule has 0 radical (unpaired) electrons. The van der Waals surface area contributed by atoms with E-state index in [1.54, 1.807) is 0 Å². The number of hydrogen-bond acceptors (Lipinski definition) is 5. The Bertz CT molecular complexity index is 238. The maximum atomic E-state index is 5.31. The molecule has 5 nitrogen and oxygen atoms in total. The van der Waals surface area contributed by atoms with Crippen LogP contribution in [0.5, 0.6) is 0 Å². The minimum atomic E-state index is 0.443. The largest absolute Gasteiger partial charge is 0.373 e. The third-order valence-corrected chi connectivity index (χ3v) is 1.86.